The third-order valence-corrected chi connectivity index (χ3v) is 6.39. The molecular formula is C24H26N4O2. The number of aromatic amines is 1. The zero-order valence-electron chi connectivity index (χ0n) is 17.8. The van der Waals surface area contributed by atoms with Gasteiger partial charge in [0.15, 0.2) is 0 Å². The summed E-state index contributed by atoms with van der Waals surface area (Å²) in [5, 5.41) is 7.82. The molecule has 3 aromatic rings. The van der Waals surface area contributed by atoms with E-state index in [4.69, 9.17) is 4.74 Å². The zero-order valence-corrected chi connectivity index (χ0v) is 17.8. The molecule has 1 aliphatic heterocycles. The van der Waals surface area contributed by atoms with Crippen LogP contribution in [0.2, 0.25) is 0 Å². The Morgan fingerprint density at radius 1 is 1.20 bits per heavy atom. The Morgan fingerprint density at radius 2 is 2.03 bits per heavy atom. The Morgan fingerprint density at radius 3 is 2.77 bits per heavy atom. The number of aromatic nitrogens is 3. The summed E-state index contributed by atoms with van der Waals surface area (Å²) in [4.78, 5) is 19.2. The first-order chi connectivity index (χ1) is 14.4. The molecule has 1 aliphatic carbocycles. The van der Waals surface area contributed by atoms with Gasteiger partial charge in [-0.1, -0.05) is 26.0 Å². The smallest absolute Gasteiger partial charge is 0.255 e. The van der Waals surface area contributed by atoms with E-state index >= 15 is 0 Å². The van der Waals surface area contributed by atoms with E-state index in [0.29, 0.717) is 12.4 Å². The van der Waals surface area contributed by atoms with Crippen molar-refractivity contribution in [1.82, 2.24) is 20.1 Å². The molecule has 3 heterocycles. The summed E-state index contributed by atoms with van der Waals surface area (Å²) in [5.41, 5.74) is 7.76. The number of carbonyl (C=O) groups excluding carboxylic acids is 1. The third-order valence-electron chi connectivity index (χ3n) is 6.39. The van der Waals surface area contributed by atoms with Crippen LogP contribution in [0.15, 0.2) is 36.5 Å². The standard InChI is InChI=1S/C24H26N4O2/c1-14(16-6-8-21(30-4)25-12-16)28-13-17-9-15(5-7-18(17)23(28)29)22-19-10-24(2,3)11-20(19)26-27-22/h5-9,12,14H,10-11,13H2,1-4H3,(H,26,27). The molecule has 1 aromatic carbocycles. The Labute approximate surface area is 176 Å². The summed E-state index contributed by atoms with van der Waals surface area (Å²) in [6.07, 6.45) is 3.83. The largest absolute Gasteiger partial charge is 0.481 e. The average molecular weight is 402 g/mol. The summed E-state index contributed by atoms with van der Waals surface area (Å²) >= 11 is 0. The van der Waals surface area contributed by atoms with Gasteiger partial charge in [-0.15, -0.1) is 0 Å². The lowest BCUT2D eigenvalue weighted by Crippen LogP contribution is -2.27. The number of fused-ring (bicyclic) bond motifs is 2. The maximum Gasteiger partial charge on any atom is 0.255 e. The molecule has 6 nitrogen and oxygen atoms in total. The number of H-pyrrole nitrogens is 1. The van der Waals surface area contributed by atoms with Gasteiger partial charge in [-0.05, 0) is 48.4 Å². The van der Waals surface area contributed by atoms with Crippen molar-refractivity contribution in [2.24, 2.45) is 5.41 Å². The lowest BCUT2D eigenvalue weighted by atomic mass is 9.90. The van der Waals surface area contributed by atoms with Crippen LogP contribution in [0.25, 0.3) is 11.3 Å². The van der Waals surface area contributed by atoms with Crippen LogP contribution in [0.5, 0.6) is 5.88 Å². The van der Waals surface area contributed by atoms with Gasteiger partial charge in [-0.3, -0.25) is 9.89 Å². The van der Waals surface area contributed by atoms with E-state index in [1.54, 1.807) is 13.3 Å². The number of nitrogens with one attached hydrogen (secondary N) is 1. The minimum atomic E-state index is -0.0674. The Balaban J connectivity index is 1.42. The number of methoxy groups -OCH3 is 1. The van der Waals surface area contributed by atoms with Crippen LogP contribution in [-0.4, -0.2) is 33.1 Å². The van der Waals surface area contributed by atoms with Gasteiger partial charge in [0, 0.05) is 41.2 Å². The van der Waals surface area contributed by atoms with Gasteiger partial charge in [-0.2, -0.15) is 5.10 Å². The zero-order chi connectivity index (χ0) is 21.0. The molecule has 0 radical (unpaired) electrons. The first-order valence-electron chi connectivity index (χ1n) is 10.4. The van der Waals surface area contributed by atoms with Crippen LogP contribution < -0.4 is 4.74 Å². The van der Waals surface area contributed by atoms with Crippen molar-refractivity contribution in [1.29, 1.82) is 0 Å². The molecule has 0 bridgehead atoms. The second-order valence-corrected chi connectivity index (χ2v) is 9.16. The number of benzene rings is 1. The maximum atomic E-state index is 13.1. The van der Waals surface area contributed by atoms with Crippen LogP contribution in [0.1, 0.15) is 59.6 Å². The van der Waals surface area contributed by atoms with Crippen molar-refractivity contribution in [3.8, 4) is 17.1 Å². The van der Waals surface area contributed by atoms with Gasteiger partial charge >= 0.3 is 0 Å². The first kappa shape index (κ1) is 18.9. The molecule has 1 N–H and O–H groups in total. The number of ether oxygens (including phenoxy) is 1. The summed E-state index contributed by atoms with van der Waals surface area (Å²) < 4.78 is 5.14. The van der Waals surface area contributed by atoms with Crippen molar-refractivity contribution in [3.05, 3.63) is 64.5 Å². The van der Waals surface area contributed by atoms with Crippen LogP contribution in [0.4, 0.5) is 0 Å². The van der Waals surface area contributed by atoms with Crippen LogP contribution >= 0.6 is 0 Å². The second kappa shape index (κ2) is 6.69. The average Bonchev–Trinajstić information content (AvgIpc) is 3.36. The Bertz CT molecular complexity index is 1130. The molecule has 1 amide bonds. The van der Waals surface area contributed by atoms with Gasteiger partial charge in [0.05, 0.1) is 18.8 Å². The maximum absolute atomic E-state index is 13.1. The van der Waals surface area contributed by atoms with Gasteiger partial charge in [-0.25, -0.2) is 4.98 Å². The number of pyridine rings is 1. The highest BCUT2D eigenvalue weighted by atomic mass is 16.5. The number of hydrogen-bond donors (Lipinski definition) is 1. The van der Waals surface area contributed by atoms with Gasteiger partial charge in [0.25, 0.3) is 5.91 Å². The molecule has 1 atom stereocenters. The molecule has 154 valence electrons. The highest BCUT2D eigenvalue weighted by Crippen LogP contribution is 2.41. The van der Waals surface area contributed by atoms with Crippen molar-refractivity contribution in [3.63, 3.8) is 0 Å². The fraction of sp³-hybridized carbons (Fsp3) is 0.375. The summed E-state index contributed by atoms with van der Waals surface area (Å²) in [5.74, 6) is 0.634. The first-order valence-corrected chi connectivity index (χ1v) is 10.4. The van der Waals surface area contributed by atoms with E-state index in [9.17, 15) is 4.79 Å². The van der Waals surface area contributed by atoms with E-state index in [2.05, 4.69) is 35.1 Å². The lowest BCUT2D eigenvalue weighted by Gasteiger charge is -2.24. The normalized spacial score (nSPS) is 17.7. The number of nitrogens with zero attached hydrogens (tertiary/aromatic N) is 3. The Hall–Kier alpha value is -3.15. The lowest BCUT2D eigenvalue weighted by molar-refractivity contribution is 0.0715. The van der Waals surface area contributed by atoms with Crippen LogP contribution in [0, 0.1) is 5.41 Å². The predicted octanol–water partition coefficient (Wildman–Crippen LogP) is 4.32. The second-order valence-electron chi connectivity index (χ2n) is 9.16. The van der Waals surface area contributed by atoms with E-state index in [1.807, 2.05) is 36.1 Å². The number of rotatable bonds is 4. The van der Waals surface area contributed by atoms with Crippen molar-refractivity contribution in [2.75, 3.05) is 7.11 Å². The molecular weight excluding hydrogens is 376 g/mol. The molecule has 0 saturated heterocycles. The molecule has 2 aliphatic rings. The summed E-state index contributed by atoms with van der Waals surface area (Å²) in [7, 11) is 1.60. The highest BCUT2D eigenvalue weighted by molar-refractivity contribution is 5.99. The van der Waals surface area contributed by atoms with Crippen molar-refractivity contribution < 1.29 is 9.53 Å². The van der Waals surface area contributed by atoms with Crippen molar-refractivity contribution >= 4 is 5.91 Å². The van der Waals surface area contributed by atoms with E-state index in [1.165, 1.54) is 11.3 Å². The van der Waals surface area contributed by atoms with Crippen LogP contribution in [0.3, 0.4) is 0 Å². The van der Waals surface area contributed by atoms with Gasteiger partial charge in [0.2, 0.25) is 5.88 Å². The molecule has 5 rings (SSSR count). The molecule has 2 aromatic heterocycles. The third kappa shape index (κ3) is 2.98. The SMILES string of the molecule is COc1ccc(C(C)N2Cc3cc(-c4n[nH]c5c4CC(C)(C)C5)ccc3C2=O)cn1. The Kier molecular flexibility index (Phi) is 4.20. The van der Waals surface area contributed by atoms with Crippen molar-refractivity contribution in [2.45, 2.75) is 46.2 Å². The van der Waals surface area contributed by atoms with Gasteiger partial charge in [0.1, 0.15) is 0 Å². The number of amides is 1. The molecule has 30 heavy (non-hydrogen) atoms. The molecule has 1 unspecified atom stereocenters. The monoisotopic (exact) mass is 402 g/mol. The fourth-order valence-corrected chi connectivity index (χ4v) is 4.74. The number of carbonyl (C=O) groups is 1. The van der Waals surface area contributed by atoms with E-state index in [0.717, 1.165) is 40.8 Å². The molecule has 0 spiro atoms. The minimum Gasteiger partial charge on any atom is -0.481 e. The summed E-state index contributed by atoms with van der Waals surface area (Å²) in [6.45, 7) is 7.21. The summed E-state index contributed by atoms with van der Waals surface area (Å²) in [6, 6.07) is 9.84. The predicted molar refractivity (Wildman–Crippen MR) is 114 cm³/mol. The van der Waals surface area contributed by atoms with Gasteiger partial charge < -0.3 is 9.64 Å². The molecule has 0 saturated carbocycles. The minimum absolute atomic E-state index is 0.0632. The van der Waals surface area contributed by atoms with Crippen LogP contribution in [-0.2, 0) is 19.4 Å². The highest BCUT2D eigenvalue weighted by Gasteiger charge is 2.35. The van der Waals surface area contributed by atoms with E-state index < -0.39 is 0 Å². The molecule has 6 heteroatoms. The fourth-order valence-electron chi connectivity index (χ4n) is 4.74. The quantitative estimate of drug-likeness (QED) is 0.705. The number of hydrogen-bond acceptors (Lipinski definition) is 4. The topological polar surface area (TPSA) is 71.1 Å². The molecule has 0 fully saturated rings. The van der Waals surface area contributed by atoms with E-state index in [-0.39, 0.29) is 17.4 Å².